The Morgan fingerprint density at radius 3 is 2.29 bits per heavy atom. The van der Waals surface area contributed by atoms with Crippen molar-refractivity contribution in [3.63, 3.8) is 0 Å². The second-order valence-electron chi connectivity index (χ2n) is 3.46. The molecule has 0 N–H and O–H groups in total. The lowest BCUT2D eigenvalue weighted by atomic mass is 9.95. The van der Waals surface area contributed by atoms with Crippen LogP contribution >= 0.6 is 0 Å². The van der Waals surface area contributed by atoms with Crippen molar-refractivity contribution in [3.05, 3.63) is 41.5 Å². The summed E-state index contributed by atoms with van der Waals surface area (Å²) < 4.78 is 0. The first-order chi connectivity index (χ1) is 6.63. The van der Waals surface area contributed by atoms with Crippen LogP contribution in [0.2, 0.25) is 0 Å². The van der Waals surface area contributed by atoms with Gasteiger partial charge in [0, 0.05) is 0 Å². The first-order valence-electron chi connectivity index (χ1n) is 5.02. The van der Waals surface area contributed by atoms with Gasteiger partial charge in [0.05, 0.1) is 0 Å². The van der Waals surface area contributed by atoms with Crippen LogP contribution in [0.15, 0.2) is 41.8 Å². The molecule has 0 saturated heterocycles. The Hall–Kier alpha value is -1.18. The summed E-state index contributed by atoms with van der Waals surface area (Å²) in [5, 5.41) is 2.71. The lowest BCUT2D eigenvalue weighted by Gasteiger charge is -2.11. The molecule has 0 radical (unpaired) electrons. The van der Waals surface area contributed by atoms with E-state index in [1.54, 1.807) is 6.08 Å². The van der Waals surface area contributed by atoms with Crippen LogP contribution in [0.4, 0.5) is 0 Å². The topological polar surface area (TPSA) is 29.4 Å². The molecule has 0 rings (SSSR count). The Bertz CT molecular complexity index is 237. The molecule has 0 heterocycles. The highest BCUT2D eigenvalue weighted by Gasteiger charge is 2.03. The third-order valence-electron chi connectivity index (χ3n) is 2.33. The molecular formula is C12H19NO. The van der Waals surface area contributed by atoms with Crippen LogP contribution in [-0.4, -0.2) is 0 Å². The minimum absolute atomic E-state index is 0.246. The Morgan fingerprint density at radius 2 is 1.86 bits per heavy atom. The zero-order chi connectivity index (χ0) is 11.0. The van der Waals surface area contributed by atoms with Gasteiger partial charge in [-0.25, -0.2) is 0 Å². The maximum atomic E-state index is 10.0. The number of allylic oxidation sites excluding steroid dienone is 3. The summed E-state index contributed by atoms with van der Waals surface area (Å²) >= 11 is 0. The normalized spacial score (nSPS) is 10.8. The third-order valence-corrected chi connectivity index (χ3v) is 2.33. The predicted molar refractivity (Wildman–Crippen MR) is 61.9 cm³/mol. The Kier molecular flexibility index (Phi) is 6.63. The van der Waals surface area contributed by atoms with E-state index in [1.807, 2.05) is 6.08 Å². The van der Waals surface area contributed by atoms with Gasteiger partial charge >= 0.3 is 0 Å². The van der Waals surface area contributed by atoms with Gasteiger partial charge in [-0.15, -0.1) is 4.91 Å². The first-order valence-corrected chi connectivity index (χ1v) is 5.02. The molecule has 0 aromatic carbocycles. The molecule has 0 amide bonds. The molecule has 2 nitrogen and oxygen atoms in total. The standard InChI is InChI=1S/C12H19NO/c1-5-12(6-2)9-10(3)7-8-11(4)13-14/h7-8,12H,3-6,9H2,1-2H3/b8-7-. The van der Waals surface area contributed by atoms with E-state index in [0.29, 0.717) is 5.92 Å². The minimum atomic E-state index is 0.246. The van der Waals surface area contributed by atoms with Crippen molar-refractivity contribution < 1.29 is 0 Å². The number of nitrogens with zero attached hydrogens (tertiary/aromatic N) is 1. The molecule has 0 aliphatic heterocycles. The van der Waals surface area contributed by atoms with Gasteiger partial charge in [0.2, 0.25) is 0 Å². The zero-order valence-corrected chi connectivity index (χ0v) is 9.12. The van der Waals surface area contributed by atoms with Gasteiger partial charge in [-0.2, -0.15) is 0 Å². The number of hydrogen-bond donors (Lipinski definition) is 0. The number of rotatable bonds is 7. The van der Waals surface area contributed by atoms with Gasteiger partial charge in [0.1, 0.15) is 5.70 Å². The van der Waals surface area contributed by atoms with E-state index < -0.39 is 0 Å². The predicted octanol–water partition coefficient (Wildman–Crippen LogP) is 4.21. The Balaban J connectivity index is 4.02. The number of nitroso groups, excluding NO2 is 1. The summed E-state index contributed by atoms with van der Waals surface area (Å²) in [5.74, 6) is 0.685. The molecule has 0 aliphatic carbocycles. The van der Waals surface area contributed by atoms with E-state index in [2.05, 4.69) is 32.2 Å². The first kappa shape index (κ1) is 12.8. The lowest BCUT2D eigenvalue weighted by molar-refractivity contribution is 0.493. The smallest absolute Gasteiger partial charge is 0.100 e. The molecule has 0 saturated carbocycles. The summed E-state index contributed by atoms with van der Waals surface area (Å²) in [5.41, 5.74) is 1.28. The van der Waals surface area contributed by atoms with E-state index in [-0.39, 0.29) is 5.70 Å². The van der Waals surface area contributed by atoms with Crippen LogP contribution in [0.25, 0.3) is 0 Å². The van der Waals surface area contributed by atoms with E-state index in [4.69, 9.17) is 0 Å². The largest absolute Gasteiger partial charge is 0.145 e. The van der Waals surface area contributed by atoms with Crippen LogP contribution in [0.1, 0.15) is 33.1 Å². The van der Waals surface area contributed by atoms with E-state index in [9.17, 15) is 4.91 Å². The highest BCUT2D eigenvalue weighted by Crippen LogP contribution is 2.18. The molecule has 0 aromatic rings. The molecular weight excluding hydrogens is 174 g/mol. The molecule has 0 atom stereocenters. The maximum absolute atomic E-state index is 10.0. The maximum Gasteiger partial charge on any atom is 0.100 e. The molecule has 0 aliphatic rings. The van der Waals surface area contributed by atoms with Gasteiger partial charge in [0.15, 0.2) is 0 Å². The van der Waals surface area contributed by atoms with Crippen molar-refractivity contribution in [1.82, 2.24) is 0 Å². The van der Waals surface area contributed by atoms with E-state index >= 15 is 0 Å². The van der Waals surface area contributed by atoms with Crippen LogP contribution in [-0.2, 0) is 0 Å². The monoisotopic (exact) mass is 193 g/mol. The van der Waals surface area contributed by atoms with Crippen molar-refractivity contribution in [3.8, 4) is 0 Å². The van der Waals surface area contributed by atoms with Gasteiger partial charge in [-0.05, 0) is 23.6 Å². The third kappa shape index (κ3) is 5.46. The lowest BCUT2D eigenvalue weighted by Crippen LogP contribution is -1.96. The molecule has 0 unspecified atom stereocenters. The minimum Gasteiger partial charge on any atom is -0.145 e. The van der Waals surface area contributed by atoms with Crippen LogP contribution < -0.4 is 0 Å². The van der Waals surface area contributed by atoms with Gasteiger partial charge in [-0.3, -0.25) is 0 Å². The van der Waals surface area contributed by atoms with Crippen molar-refractivity contribution in [1.29, 1.82) is 0 Å². The summed E-state index contributed by atoms with van der Waals surface area (Å²) in [4.78, 5) is 10.0. The van der Waals surface area contributed by atoms with Crippen molar-refractivity contribution >= 4 is 0 Å². The molecule has 0 bridgehead atoms. The Labute approximate surface area is 86.4 Å². The quantitative estimate of drug-likeness (QED) is 0.440. The van der Waals surface area contributed by atoms with E-state index in [1.165, 1.54) is 0 Å². The summed E-state index contributed by atoms with van der Waals surface area (Å²) in [6.07, 6.45) is 6.74. The fourth-order valence-electron chi connectivity index (χ4n) is 1.26. The van der Waals surface area contributed by atoms with Crippen molar-refractivity contribution in [2.75, 3.05) is 0 Å². The highest BCUT2D eigenvalue weighted by molar-refractivity contribution is 5.23. The second-order valence-corrected chi connectivity index (χ2v) is 3.46. The highest BCUT2D eigenvalue weighted by atomic mass is 16.3. The molecule has 0 fully saturated rings. The molecule has 2 heteroatoms. The number of hydrogen-bond acceptors (Lipinski definition) is 2. The summed E-state index contributed by atoms with van der Waals surface area (Å²) in [6, 6.07) is 0. The van der Waals surface area contributed by atoms with Crippen LogP contribution in [0.5, 0.6) is 0 Å². The molecule has 0 aromatic heterocycles. The fourth-order valence-corrected chi connectivity index (χ4v) is 1.26. The second kappa shape index (κ2) is 7.25. The van der Waals surface area contributed by atoms with Crippen LogP contribution in [0, 0.1) is 10.8 Å². The fraction of sp³-hybridized carbons (Fsp3) is 0.500. The Morgan fingerprint density at radius 1 is 1.29 bits per heavy atom. The molecule has 78 valence electrons. The molecule has 0 spiro atoms. The summed E-state index contributed by atoms with van der Waals surface area (Å²) in [6.45, 7) is 11.7. The zero-order valence-electron chi connectivity index (χ0n) is 9.12. The van der Waals surface area contributed by atoms with E-state index in [0.717, 1.165) is 24.8 Å². The van der Waals surface area contributed by atoms with Crippen molar-refractivity contribution in [2.45, 2.75) is 33.1 Å². The van der Waals surface area contributed by atoms with Gasteiger partial charge < -0.3 is 0 Å². The van der Waals surface area contributed by atoms with Crippen molar-refractivity contribution in [2.24, 2.45) is 11.1 Å². The average molecular weight is 193 g/mol. The molecule has 14 heavy (non-hydrogen) atoms. The summed E-state index contributed by atoms with van der Waals surface area (Å²) in [7, 11) is 0. The average Bonchev–Trinajstić information content (AvgIpc) is 2.22. The van der Waals surface area contributed by atoms with Gasteiger partial charge in [-0.1, -0.05) is 51.5 Å². The SMILES string of the molecule is C=C(/C=C\C(=C)N=O)CC(CC)CC. The van der Waals surface area contributed by atoms with Gasteiger partial charge in [0.25, 0.3) is 0 Å². The van der Waals surface area contributed by atoms with Crippen LogP contribution in [0.3, 0.4) is 0 Å².